The van der Waals surface area contributed by atoms with Gasteiger partial charge >= 0.3 is 0 Å². The van der Waals surface area contributed by atoms with Crippen LogP contribution in [-0.4, -0.2) is 31.4 Å². The fraction of sp³-hybridized carbons (Fsp3) is 0.467. The largest absolute Gasteiger partial charge is 0.347 e. The number of piperidine rings is 1. The quantitative estimate of drug-likeness (QED) is 0.773. The van der Waals surface area contributed by atoms with Gasteiger partial charge in [0.25, 0.3) is 0 Å². The Bertz CT molecular complexity index is 528. The number of amides is 2. The van der Waals surface area contributed by atoms with Gasteiger partial charge in [0.15, 0.2) is 0 Å². The van der Waals surface area contributed by atoms with E-state index >= 15 is 0 Å². The molecule has 0 aromatic heterocycles. The standard InChI is InChI=1S/C15H20BrN3O2/c1-10-7-12(4-5-13(10)16)19-14(20)9-18-15(21)11-3-2-6-17-8-11/h4-5,7,11,17H,2-3,6,8-9H2,1H3,(H,18,21)(H,19,20). The number of hydrogen-bond acceptors (Lipinski definition) is 3. The maximum atomic E-state index is 11.9. The third kappa shape index (κ3) is 4.82. The average Bonchev–Trinajstić information content (AvgIpc) is 2.49. The minimum Gasteiger partial charge on any atom is -0.347 e. The summed E-state index contributed by atoms with van der Waals surface area (Å²) in [4.78, 5) is 23.8. The normalized spacial score (nSPS) is 18.1. The summed E-state index contributed by atoms with van der Waals surface area (Å²) in [5, 5.41) is 8.67. The van der Waals surface area contributed by atoms with Crippen LogP contribution in [0.2, 0.25) is 0 Å². The Morgan fingerprint density at radius 2 is 2.24 bits per heavy atom. The molecule has 5 nitrogen and oxygen atoms in total. The van der Waals surface area contributed by atoms with Crippen molar-refractivity contribution in [3.05, 3.63) is 28.2 Å². The lowest BCUT2D eigenvalue weighted by molar-refractivity contribution is -0.127. The molecule has 1 saturated heterocycles. The van der Waals surface area contributed by atoms with E-state index in [1.165, 1.54) is 0 Å². The molecule has 1 fully saturated rings. The van der Waals surface area contributed by atoms with Crippen LogP contribution in [0.1, 0.15) is 18.4 Å². The zero-order chi connectivity index (χ0) is 15.2. The van der Waals surface area contributed by atoms with E-state index in [2.05, 4.69) is 31.9 Å². The first kappa shape index (κ1) is 16.0. The van der Waals surface area contributed by atoms with Crippen LogP contribution >= 0.6 is 15.9 Å². The summed E-state index contributed by atoms with van der Waals surface area (Å²) in [5.41, 5.74) is 1.78. The van der Waals surface area contributed by atoms with Crippen molar-refractivity contribution in [2.75, 3.05) is 25.0 Å². The highest BCUT2D eigenvalue weighted by molar-refractivity contribution is 9.10. The number of carbonyl (C=O) groups excluding carboxylic acids is 2. The van der Waals surface area contributed by atoms with E-state index < -0.39 is 0 Å². The lowest BCUT2D eigenvalue weighted by Crippen LogP contribution is -2.42. The van der Waals surface area contributed by atoms with Crippen LogP contribution < -0.4 is 16.0 Å². The minimum absolute atomic E-state index is 0.00441. The molecule has 2 amide bonds. The summed E-state index contributed by atoms with van der Waals surface area (Å²) in [6.45, 7) is 3.62. The van der Waals surface area contributed by atoms with Gasteiger partial charge in [-0.05, 0) is 50.1 Å². The number of nitrogens with one attached hydrogen (secondary N) is 3. The van der Waals surface area contributed by atoms with E-state index in [0.29, 0.717) is 6.54 Å². The molecule has 1 aromatic rings. The molecular weight excluding hydrogens is 334 g/mol. The Morgan fingerprint density at radius 1 is 1.43 bits per heavy atom. The fourth-order valence-electron chi connectivity index (χ4n) is 2.31. The lowest BCUT2D eigenvalue weighted by atomic mass is 9.99. The van der Waals surface area contributed by atoms with E-state index in [1.807, 2.05) is 25.1 Å². The summed E-state index contributed by atoms with van der Waals surface area (Å²) >= 11 is 3.41. The number of aryl methyl sites for hydroxylation is 1. The van der Waals surface area contributed by atoms with Gasteiger partial charge in [0.05, 0.1) is 12.5 Å². The topological polar surface area (TPSA) is 70.2 Å². The minimum atomic E-state index is -0.214. The molecule has 0 aliphatic carbocycles. The first-order valence-corrected chi connectivity index (χ1v) is 7.90. The first-order valence-electron chi connectivity index (χ1n) is 7.10. The number of anilines is 1. The third-order valence-corrected chi connectivity index (χ3v) is 4.42. The van der Waals surface area contributed by atoms with Gasteiger partial charge in [-0.25, -0.2) is 0 Å². The molecule has 0 saturated carbocycles. The monoisotopic (exact) mass is 353 g/mol. The SMILES string of the molecule is Cc1cc(NC(=O)CNC(=O)C2CCCNC2)ccc1Br. The van der Waals surface area contributed by atoms with Gasteiger partial charge in [-0.3, -0.25) is 9.59 Å². The van der Waals surface area contributed by atoms with Gasteiger partial charge in [0.2, 0.25) is 11.8 Å². The maximum Gasteiger partial charge on any atom is 0.243 e. The second-order valence-electron chi connectivity index (χ2n) is 5.27. The fourth-order valence-corrected chi connectivity index (χ4v) is 2.56. The second kappa shape index (κ2) is 7.56. The third-order valence-electron chi connectivity index (χ3n) is 3.53. The van der Waals surface area contributed by atoms with Crippen LogP contribution in [0.3, 0.4) is 0 Å². The molecule has 1 aromatic carbocycles. The van der Waals surface area contributed by atoms with Gasteiger partial charge in [-0.1, -0.05) is 15.9 Å². The Morgan fingerprint density at radius 3 is 2.90 bits per heavy atom. The Hall–Kier alpha value is -1.40. The van der Waals surface area contributed by atoms with Crippen LogP contribution in [0.5, 0.6) is 0 Å². The summed E-state index contributed by atoms with van der Waals surface area (Å²) in [6.07, 6.45) is 1.88. The molecule has 1 atom stereocenters. The van der Waals surface area contributed by atoms with Crippen molar-refractivity contribution < 1.29 is 9.59 Å². The predicted octanol–water partition coefficient (Wildman–Crippen LogP) is 1.81. The highest BCUT2D eigenvalue weighted by Crippen LogP contribution is 2.19. The average molecular weight is 354 g/mol. The van der Waals surface area contributed by atoms with Crippen molar-refractivity contribution in [2.24, 2.45) is 5.92 Å². The van der Waals surface area contributed by atoms with E-state index in [1.54, 1.807) is 0 Å². The van der Waals surface area contributed by atoms with Crippen molar-refractivity contribution in [1.29, 1.82) is 0 Å². The molecule has 1 heterocycles. The van der Waals surface area contributed by atoms with Crippen molar-refractivity contribution in [2.45, 2.75) is 19.8 Å². The zero-order valence-corrected chi connectivity index (χ0v) is 13.6. The smallest absolute Gasteiger partial charge is 0.243 e. The number of carbonyl (C=O) groups is 2. The predicted molar refractivity (Wildman–Crippen MR) is 86.1 cm³/mol. The van der Waals surface area contributed by atoms with Gasteiger partial charge in [-0.15, -0.1) is 0 Å². The maximum absolute atomic E-state index is 11.9. The lowest BCUT2D eigenvalue weighted by Gasteiger charge is -2.21. The molecule has 0 spiro atoms. The van der Waals surface area contributed by atoms with Gasteiger partial charge in [0.1, 0.15) is 0 Å². The molecule has 1 aliphatic heterocycles. The van der Waals surface area contributed by atoms with Crippen molar-refractivity contribution in [3.8, 4) is 0 Å². The van der Waals surface area contributed by atoms with Crippen LogP contribution in [-0.2, 0) is 9.59 Å². The highest BCUT2D eigenvalue weighted by atomic mass is 79.9. The Balaban J connectivity index is 1.78. The van der Waals surface area contributed by atoms with Crippen LogP contribution in [0, 0.1) is 12.8 Å². The first-order chi connectivity index (χ1) is 10.1. The number of benzene rings is 1. The molecule has 2 rings (SSSR count). The van der Waals surface area contributed by atoms with Crippen LogP contribution in [0.25, 0.3) is 0 Å². The molecule has 114 valence electrons. The molecule has 0 radical (unpaired) electrons. The Labute approximate surface area is 133 Å². The molecule has 3 N–H and O–H groups in total. The van der Waals surface area contributed by atoms with Crippen molar-refractivity contribution >= 4 is 33.4 Å². The number of rotatable bonds is 4. The molecule has 21 heavy (non-hydrogen) atoms. The summed E-state index contributed by atoms with van der Waals surface area (Å²) in [7, 11) is 0. The molecule has 6 heteroatoms. The molecular formula is C15H20BrN3O2. The summed E-state index contributed by atoms with van der Waals surface area (Å²) in [5.74, 6) is -0.292. The molecule has 1 aliphatic rings. The van der Waals surface area contributed by atoms with E-state index in [0.717, 1.165) is 35.1 Å². The second-order valence-corrected chi connectivity index (χ2v) is 6.13. The number of hydrogen-bond donors (Lipinski definition) is 3. The Kier molecular flexibility index (Phi) is 5.76. The number of halogens is 1. The summed E-state index contributed by atoms with van der Waals surface area (Å²) < 4.78 is 0.999. The van der Waals surface area contributed by atoms with Gasteiger partial charge in [0, 0.05) is 16.7 Å². The van der Waals surface area contributed by atoms with Crippen LogP contribution in [0.15, 0.2) is 22.7 Å². The van der Waals surface area contributed by atoms with Gasteiger partial charge in [-0.2, -0.15) is 0 Å². The zero-order valence-electron chi connectivity index (χ0n) is 12.0. The van der Waals surface area contributed by atoms with Crippen molar-refractivity contribution in [1.82, 2.24) is 10.6 Å². The van der Waals surface area contributed by atoms with E-state index in [-0.39, 0.29) is 24.3 Å². The van der Waals surface area contributed by atoms with Crippen LogP contribution in [0.4, 0.5) is 5.69 Å². The summed E-state index contributed by atoms with van der Waals surface area (Å²) in [6, 6.07) is 5.59. The molecule has 1 unspecified atom stereocenters. The highest BCUT2D eigenvalue weighted by Gasteiger charge is 2.20. The van der Waals surface area contributed by atoms with E-state index in [9.17, 15) is 9.59 Å². The van der Waals surface area contributed by atoms with Crippen molar-refractivity contribution in [3.63, 3.8) is 0 Å². The van der Waals surface area contributed by atoms with Gasteiger partial charge < -0.3 is 16.0 Å². The molecule has 0 bridgehead atoms. The van der Waals surface area contributed by atoms with E-state index in [4.69, 9.17) is 0 Å².